The molecule has 0 bridgehead atoms. The molecule has 154 valence electrons. The average Bonchev–Trinajstić information content (AvgIpc) is 3.15. The Morgan fingerprint density at radius 1 is 1.06 bits per heavy atom. The fourth-order valence-electron chi connectivity index (χ4n) is 2.96. The van der Waals surface area contributed by atoms with E-state index >= 15 is 0 Å². The number of oxazole rings is 1. The zero-order valence-corrected chi connectivity index (χ0v) is 17.9. The highest BCUT2D eigenvalue weighted by molar-refractivity contribution is 7.80. The molecule has 0 aliphatic rings. The molecule has 0 unspecified atom stereocenters. The van der Waals surface area contributed by atoms with Crippen LogP contribution >= 0.6 is 23.8 Å². The van der Waals surface area contributed by atoms with Crippen LogP contribution in [-0.2, 0) is 11.2 Å². The highest BCUT2D eigenvalue weighted by Gasteiger charge is 2.08. The molecule has 0 atom stereocenters. The van der Waals surface area contributed by atoms with E-state index in [0.29, 0.717) is 22.9 Å². The quantitative estimate of drug-likeness (QED) is 0.308. The first-order chi connectivity index (χ1) is 15.0. The van der Waals surface area contributed by atoms with Crippen LogP contribution in [0.3, 0.4) is 0 Å². The van der Waals surface area contributed by atoms with Crippen LogP contribution in [0.25, 0.3) is 17.2 Å². The summed E-state index contributed by atoms with van der Waals surface area (Å²) in [5.41, 5.74) is 4.19. The molecular formula is C24H18ClN3O2S. The van der Waals surface area contributed by atoms with Crippen LogP contribution in [0.1, 0.15) is 17.0 Å². The number of rotatable bonds is 5. The van der Waals surface area contributed by atoms with Crippen molar-refractivity contribution in [3.8, 4) is 0 Å². The lowest BCUT2D eigenvalue weighted by molar-refractivity contribution is -0.115. The molecule has 0 spiro atoms. The predicted molar refractivity (Wildman–Crippen MR) is 128 cm³/mol. The van der Waals surface area contributed by atoms with Gasteiger partial charge in [-0.25, -0.2) is 4.98 Å². The third-order valence-corrected chi connectivity index (χ3v) is 4.86. The second-order valence-electron chi connectivity index (χ2n) is 6.78. The number of anilines is 1. The van der Waals surface area contributed by atoms with E-state index in [4.69, 9.17) is 28.2 Å². The van der Waals surface area contributed by atoms with Gasteiger partial charge in [-0.05, 0) is 59.8 Å². The van der Waals surface area contributed by atoms with Gasteiger partial charge in [-0.15, -0.1) is 0 Å². The Morgan fingerprint density at radius 3 is 2.61 bits per heavy atom. The second-order valence-corrected chi connectivity index (χ2v) is 7.63. The molecule has 31 heavy (non-hydrogen) atoms. The zero-order valence-electron chi connectivity index (χ0n) is 16.3. The van der Waals surface area contributed by atoms with Gasteiger partial charge < -0.3 is 9.73 Å². The molecule has 1 heterocycles. The van der Waals surface area contributed by atoms with Crippen LogP contribution in [-0.4, -0.2) is 16.0 Å². The number of hydrogen-bond acceptors (Lipinski definition) is 4. The number of nitrogens with one attached hydrogen (secondary N) is 2. The van der Waals surface area contributed by atoms with Crippen molar-refractivity contribution in [2.24, 2.45) is 0 Å². The maximum Gasteiger partial charge on any atom is 0.250 e. The van der Waals surface area contributed by atoms with Crippen LogP contribution < -0.4 is 10.6 Å². The van der Waals surface area contributed by atoms with Crippen LogP contribution in [0.2, 0.25) is 5.02 Å². The van der Waals surface area contributed by atoms with Crippen molar-refractivity contribution in [2.45, 2.75) is 6.42 Å². The van der Waals surface area contributed by atoms with E-state index in [9.17, 15) is 4.79 Å². The maximum atomic E-state index is 12.0. The number of fused-ring (bicyclic) bond motifs is 1. The van der Waals surface area contributed by atoms with Gasteiger partial charge in [-0.3, -0.25) is 10.1 Å². The largest absolute Gasteiger partial charge is 0.440 e. The summed E-state index contributed by atoms with van der Waals surface area (Å²) in [5.74, 6) is 0.319. The molecule has 7 heteroatoms. The first-order valence-electron chi connectivity index (χ1n) is 9.54. The molecule has 1 amide bonds. The predicted octanol–water partition coefficient (Wildman–Crippen LogP) is 5.60. The number of benzene rings is 3. The maximum absolute atomic E-state index is 12.0. The Balaban J connectivity index is 1.31. The van der Waals surface area contributed by atoms with E-state index in [1.807, 2.05) is 60.7 Å². The molecule has 4 aromatic rings. The number of carbonyl (C=O) groups is 1. The van der Waals surface area contributed by atoms with Crippen molar-refractivity contribution in [3.63, 3.8) is 0 Å². The topological polar surface area (TPSA) is 67.2 Å². The highest BCUT2D eigenvalue weighted by atomic mass is 35.5. The summed E-state index contributed by atoms with van der Waals surface area (Å²) in [6, 6.07) is 22.6. The lowest BCUT2D eigenvalue weighted by Crippen LogP contribution is -2.32. The summed E-state index contributed by atoms with van der Waals surface area (Å²) in [5, 5.41) is 6.49. The Labute approximate surface area is 189 Å². The third kappa shape index (κ3) is 5.78. The molecule has 0 aliphatic heterocycles. The molecule has 0 fully saturated rings. The smallest absolute Gasteiger partial charge is 0.250 e. The molecular weight excluding hydrogens is 430 g/mol. The Morgan fingerprint density at radius 2 is 1.84 bits per heavy atom. The van der Waals surface area contributed by atoms with Gasteiger partial charge in [0, 0.05) is 23.2 Å². The summed E-state index contributed by atoms with van der Waals surface area (Å²) in [6.45, 7) is 0. The first-order valence-corrected chi connectivity index (χ1v) is 10.3. The molecule has 2 N–H and O–H groups in total. The zero-order chi connectivity index (χ0) is 21.6. The lowest BCUT2D eigenvalue weighted by atomic mass is 10.1. The van der Waals surface area contributed by atoms with Gasteiger partial charge in [0.15, 0.2) is 16.6 Å². The van der Waals surface area contributed by atoms with Crippen molar-refractivity contribution >= 4 is 57.7 Å². The van der Waals surface area contributed by atoms with Crippen molar-refractivity contribution in [1.29, 1.82) is 0 Å². The van der Waals surface area contributed by atoms with Gasteiger partial charge in [-0.2, -0.15) is 0 Å². The van der Waals surface area contributed by atoms with Crippen molar-refractivity contribution in [2.75, 3.05) is 5.32 Å². The molecule has 1 aromatic heterocycles. The van der Waals surface area contributed by atoms with Gasteiger partial charge in [0.05, 0.1) is 0 Å². The van der Waals surface area contributed by atoms with Crippen LogP contribution in [0.15, 0.2) is 83.3 Å². The van der Waals surface area contributed by atoms with Gasteiger partial charge in [-0.1, -0.05) is 54.1 Å². The number of hydrogen-bond donors (Lipinski definition) is 2. The van der Waals surface area contributed by atoms with Crippen molar-refractivity contribution in [1.82, 2.24) is 10.3 Å². The first kappa shape index (κ1) is 20.8. The van der Waals surface area contributed by atoms with Crippen LogP contribution in [0.4, 0.5) is 5.69 Å². The number of nitrogens with zero attached hydrogens (tertiary/aromatic N) is 1. The normalized spacial score (nSPS) is 11.0. The molecule has 0 saturated heterocycles. The monoisotopic (exact) mass is 447 g/mol. The Kier molecular flexibility index (Phi) is 6.40. The minimum absolute atomic E-state index is 0.228. The highest BCUT2D eigenvalue weighted by Crippen LogP contribution is 2.22. The third-order valence-electron chi connectivity index (χ3n) is 4.42. The van der Waals surface area contributed by atoms with Crippen molar-refractivity contribution < 1.29 is 9.21 Å². The molecule has 4 rings (SSSR count). The minimum Gasteiger partial charge on any atom is -0.440 e. The number of aromatic nitrogens is 1. The van der Waals surface area contributed by atoms with E-state index in [1.165, 1.54) is 6.08 Å². The summed E-state index contributed by atoms with van der Waals surface area (Å²) in [7, 11) is 0. The van der Waals surface area contributed by atoms with Crippen LogP contribution in [0, 0.1) is 0 Å². The van der Waals surface area contributed by atoms with Gasteiger partial charge in [0.25, 0.3) is 0 Å². The van der Waals surface area contributed by atoms with Crippen molar-refractivity contribution in [3.05, 3.63) is 101 Å². The average molecular weight is 448 g/mol. The molecule has 0 radical (unpaired) electrons. The lowest BCUT2D eigenvalue weighted by Gasteiger charge is -2.08. The van der Waals surface area contributed by atoms with Gasteiger partial charge in [0.2, 0.25) is 5.91 Å². The fraction of sp³-hybridized carbons (Fsp3) is 0.0417. The Hall–Kier alpha value is -3.48. The summed E-state index contributed by atoms with van der Waals surface area (Å²) < 4.78 is 5.76. The number of halogens is 1. The van der Waals surface area contributed by atoms with Gasteiger partial charge >= 0.3 is 0 Å². The number of thiocarbonyl (C=S) groups is 1. The Bertz CT molecular complexity index is 1250. The molecule has 0 saturated carbocycles. The van der Waals surface area contributed by atoms with Gasteiger partial charge in [0.1, 0.15) is 5.52 Å². The molecule has 0 aliphatic carbocycles. The summed E-state index contributed by atoms with van der Waals surface area (Å²) >= 11 is 11.2. The summed E-state index contributed by atoms with van der Waals surface area (Å²) in [6.07, 6.45) is 3.73. The number of amides is 1. The van der Waals surface area contributed by atoms with E-state index < -0.39 is 0 Å². The molecule has 3 aromatic carbocycles. The molecule has 5 nitrogen and oxygen atoms in total. The van der Waals surface area contributed by atoms with E-state index in [2.05, 4.69) is 15.6 Å². The minimum atomic E-state index is -0.297. The van der Waals surface area contributed by atoms with E-state index in [0.717, 1.165) is 22.3 Å². The van der Waals surface area contributed by atoms with Crippen LogP contribution in [0.5, 0.6) is 0 Å². The second kappa shape index (κ2) is 9.55. The standard InChI is InChI=1S/C24H18ClN3O2S/c25-18-9-12-21-20(15-18)27-23(30-21)14-17-6-10-19(11-7-17)26-24(31)28-22(29)13-8-16-4-2-1-3-5-16/h1-13,15H,14H2,(H2,26,28,29,31)/b13-8+. The van der Waals surface area contributed by atoms with E-state index in [1.54, 1.807) is 18.2 Å². The summed E-state index contributed by atoms with van der Waals surface area (Å²) in [4.78, 5) is 16.5. The van der Waals surface area contributed by atoms with E-state index in [-0.39, 0.29) is 11.0 Å². The fourth-order valence-corrected chi connectivity index (χ4v) is 3.34. The number of carbonyl (C=O) groups excluding carboxylic acids is 1. The SMILES string of the molecule is O=C(/C=C/c1ccccc1)NC(=S)Nc1ccc(Cc2nc3cc(Cl)ccc3o2)cc1.